The fourth-order valence-electron chi connectivity index (χ4n) is 5.41. The molecule has 3 aromatic carbocycles. The molecule has 0 amide bonds. The van der Waals surface area contributed by atoms with E-state index in [0.29, 0.717) is 17.0 Å². The molecule has 0 spiro atoms. The van der Waals surface area contributed by atoms with Crippen LogP contribution in [0, 0.1) is 23.5 Å². The Labute approximate surface area is 228 Å². The molecule has 3 aromatic rings. The van der Waals surface area contributed by atoms with Crippen LogP contribution in [0.3, 0.4) is 0 Å². The third kappa shape index (κ3) is 6.35. The van der Waals surface area contributed by atoms with Crippen molar-refractivity contribution in [3.05, 3.63) is 89.5 Å². The molecule has 1 fully saturated rings. The van der Waals surface area contributed by atoms with Gasteiger partial charge in [-0.15, -0.1) is 13.2 Å². The van der Waals surface area contributed by atoms with E-state index >= 15 is 0 Å². The lowest BCUT2D eigenvalue weighted by Crippen LogP contribution is -2.29. The number of hydrogen-bond donors (Lipinski definition) is 0. The number of aliphatic imine (C=N–C) groups is 1. The maximum atomic E-state index is 14.6. The van der Waals surface area contributed by atoms with E-state index in [1.807, 2.05) is 0 Å². The Hall–Kier alpha value is -3.75. The highest BCUT2D eigenvalue weighted by molar-refractivity contribution is 6.04. The largest absolute Gasteiger partial charge is 0.573 e. The summed E-state index contributed by atoms with van der Waals surface area (Å²) < 4.78 is 76.4. The van der Waals surface area contributed by atoms with Crippen molar-refractivity contribution in [3.63, 3.8) is 0 Å². The number of nitrogens with zero attached hydrogens (tertiary/aromatic N) is 1. The predicted octanol–water partition coefficient (Wildman–Crippen LogP) is 8.20. The first-order chi connectivity index (χ1) is 19.1. The zero-order chi connectivity index (χ0) is 28.4. The van der Waals surface area contributed by atoms with Gasteiger partial charge in [-0.2, -0.15) is 0 Å². The molecule has 5 rings (SSSR count). The minimum atomic E-state index is -4.78. The standard InChI is InChI=1S/C31H28F5NO3/c1-18-5-13-22(14-6-18)39-30(38)24-17-27(28-25(32)3-2-4-26(28)33)37-29(24)21-9-7-19(8-10-21)20-11-15-23(16-12-20)40-31(34,35)36/h2-4,7-12,15-16,18,22,24,29H,5-6,13-14,17H2,1H3/t18?,22?,24-,29?/m0/s1. The summed E-state index contributed by atoms with van der Waals surface area (Å²) in [6.45, 7) is 2.17. The Morgan fingerprint density at radius 2 is 1.43 bits per heavy atom. The summed E-state index contributed by atoms with van der Waals surface area (Å²) in [6.07, 6.45) is -1.43. The molecule has 0 radical (unpaired) electrons. The highest BCUT2D eigenvalue weighted by Gasteiger charge is 2.40. The monoisotopic (exact) mass is 557 g/mol. The molecule has 1 unspecified atom stereocenters. The fourth-order valence-corrected chi connectivity index (χ4v) is 5.41. The van der Waals surface area contributed by atoms with Gasteiger partial charge in [0.05, 0.1) is 17.5 Å². The quantitative estimate of drug-likeness (QED) is 0.227. The van der Waals surface area contributed by atoms with Crippen LogP contribution < -0.4 is 4.74 Å². The Morgan fingerprint density at radius 3 is 2.00 bits per heavy atom. The van der Waals surface area contributed by atoms with Crippen LogP contribution >= 0.6 is 0 Å². The molecule has 9 heteroatoms. The molecule has 2 aliphatic rings. The summed E-state index contributed by atoms with van der Waals surface area (Å²) in [4.78, 5) is 18.0. The van der Waals surface area contributed by atoms with E-state index in [1.54, 1.807) is 24.3 Å². The van der Waals surface area contributed by atoms with E-state index < -0.39 is 35.9 Å². The van der Waals surface area contributed by atoms with Gasteiger partial charge in [0.15, 0.2) is 0 Å². The Morgan fingerprint density at radius 1 is 0.850 bits per heavy atom. The lowest BCUT2D eigenvalue weighted by molar-refractivity contribution is -0.274. The molecule has 1 aliphatic heterocycles. The summed E-state index contributed by atoms with van der Waals surface area (Å²) in [5.74, 6) is -2.43. The second kappa shape index (κ2) is 11.4. The second-order valence-corrected chi connectivity index (χ2v) is 10.4. The van der Waals surface area contributed by atoms with E-state index in [1.165, 1.54) is 30.3 Å². The first-order valence-electron chi connectivity index (χ1n) is 13.2. The third-order valence-corrected chi connectivity index (χ3v) is 7.56. The molecule has 1 saturated carbocycles. The highest BCUT2D eigenvalue weighted by Crippen LogP contribution is 2.40. The van der Waals surface area contributed by atoms with Gasteiger partial charge < -0.3 is 9.47 Å². The predicted molar refractivity (Wildman–Crippen MR) is 140 cm³/mol. The number of hydrogen-bond acceptors (Lipinski definition) is 4. The Kier molecular flexibility index (Phi) is 7.92. The van der Waals surface area contributed by atoms with Crippen LogP contribution in [0.5, 0.6) is 5.75 Å². The zero-order valence-electron chi connectivity index (χ0n) is 21.8. The molecule has 2 atom stereocenters. The van der Waals surface area contributed by atoms with Crippen molar-refractivity contribution in [1.29, 1.82) is 0 Å². The molecule has 1 aliphatic carbocycles. The van der Waals surface area contributed by atoms with Gasteiger partial charge in [0.1, 0.15) is 23.5 Å². The highest BCUT2D eigenvalue weighted by atomic mass is 19.4. The molecule has 0 aromatic heterocycles. The van der Waals surface area contributed by atoms with Gasteiger partial charge in [-0.25, -0.2) is 8.78 Å². The third-order valence-electron chi connectivity index (χ3n) is 7.56. The maximum Gasteiger partial charge on any atom is 0.573 e. The van der Waals surface area contributed by atoms with Gasteiger partial charge in [0.2, 0.25) is 0 Å². The van der Waals surface area contributed by atoms with Crippen LogP contribution in [0.2, 0.25) is 0 Å². The summed E-state index contributed by atoms with van der Waals surface area (Å²) >= 11 is 0. The van der Waals surface area contributed by atoms with Crippen LogP contribution in [0.4, 0.5) is 22.0 Å². The fraction of sp³-hybridized carbons (Fsp3) is 0.355. The summed E-state index contributed by atoms with van der Waals surface area (Å²) in [5.41, 5.74) is 1.97. The van der Waals surface area contributed by atoms with Gasteiger partial charge in [-0.3, -0.25) is 9.79 Å². The van der Waals surface area contributed by atoms with Gasteiger partial charge in [0.25, 0.3) is 0 Å². The van der Waals surface area contributed by atoms with E-state index in [9.17, 15) is 26.7 Å². The first kappa shape index (κ1) is 27.8. The SMILES string of the molecule is CC1CCC(OC(=O)[C@H]2CC(c3c(F)cccc3F)=NC2c2ccc(-c3ccc(OC(F)(F)F)cc3)cc2)CC1. The van der Waals surface area contributed by atoms with Gasteiger partial charge in [-0.05, 0) is 72.6 Å². The first-order valence-corrected chi connectivity index (χ1v) is 13.2. The van der Waals surface area contributed by atoms with Gasteiger partial charge in [-0.1, -0.05) is 49.4 Å². The topological polar surface area (TPSA) is 47.9 Å². The van der Waals surface area contributed by atoms with Crippen molar-refractivity contribution in [2.45, 2.75) is 57.5 Å². The minimum absolute atomic E-state index is 0.0346. The smallest absolute Gasteiger partial charge is 0.462 e. The zero-order valence-corrected chi connectivity index (χ0v) is 21.8. The van der Waals surface area contributed by atoms with Crippen molar-refractivity contribution in [3.8, 4) is 16.9 Å². The van der Waals surface area contributed by atoms with Gasteiger partial charge in [0, 0.05) is 12.1 Å². The van der Waals surface area contributed by atoms with Crippen LogP contribution in [0.15, 0.2) is 71.7 Å². The number of alkyl halides is 3. The van der Waals surface area contributed by atoms with Crippen molar-refractivity contribution in [1.82, 2.24) is 0 Å². The molecular formula is C31H28F5NO3. The van der Waals surface area contributed by atoms with Crippen molar-refractivity contribution in [2.24, 2.45) is 16.8 Å². The summed E-state index contributed by atoms with van der Waals surface area (Å²) in [7, 11) is 0. The number of rotatable bonds is 6. The van der Waals surface area contributed by atoms with E-state index in [4.69, 9.17) is 4.74 Å². The lowest BCUT2D eigenvalue weighted by Gasteiger charge is -2.28. The summed E-state index contributed by atoms with van der Waals surface area (Å²) in [6, 6.07) is 15.4. The molecule has 0 bridgehead atoms. The van der Waals surface area contributed by atoms with E-state index in [0.717, 1.165) is 43.4 Å². The number of halogens is 5. The maximum absolute atomic E-state index is 14.6. The van der Waals surface area contributed by atoms with E-state index in [2.05, 4.69) is 16.7 Å². The molecule has 1 heterocycles. The molecule has 0 saturated heterocycles. The molecule has 0 N–H and O–H groups in total. The number of esters is 1. The Bertz CT molecular complexity index is 1360. The average molecular weight is 558 g/mol. The molecule has 4 nitrogen and oxygen atoms in total. The van der Waals surface area contributed by atoms with Crippen LogP contribution in [0.25, 0.3) is 11.1 Å². The molecule has 40 heavy (non-hydrogen) atoms. The van der Waals surface area contributed by atoms with Crippen molar-refractivity contribution < 1.29 is 36.2 Å². The van der Waals surface area contributed by atoms with Crippen LogP contribution in [-0.4, -0.2) is 24.1 Å². The number of benzene rings is 3. The van der Waals surface area contributed by atoms with Crippen LogP contribution in [0.1, 0.15) is 56.2 Å². The molecular weight excluding hydrogens is 529 g/mol. The number of carbonyl (C=O) groups is 1. The number of ether oxygens (including phenoxy) is 2. The lowest BCUT2D eigenvalue weighted by atomic mass is 9.88. The molecule has 210 valence electrons. The summed E-state index contributed by atoms with van der Waals surface area (Å²) in [5, 5.41) is 0. The van der Waals surface area contributed by atoms with Crippen molar-refractivity contribution in [2.75, 3.05) is 0 Å². The average Bonchev–Trinajstić information content (AvgIpc) is 3.35. The Balaban J connectivity index is 1.40. The van der Waals surface area contributed by atoms with Gasteiger partial charge >= 0.3 is 12.3 Å². The second-order valence-electron chi connectivity index (χ2n) is 10.4. The van der Waals surface area contributed by atoms with Crippen LogP contribution in [-0.2, 0) is 9.53 Å². The minimum Gasteiger partial charge on any atom is -0.462 e. The van der Waals surface area contributed by atoms with E-state index in [-0.39, 0.29) is 29.5 Å². The van der Waals surface area contributed by atoms with Crippen molar-refractivity contribution >= 4 is 11.7 Å². The normalized spacial score (nSPS) is 23.0. The number of carbonyl (C=O) groups excluding carboxylic acids is 1.